The molecule has 0 spiro atoms. The number of halogens is 1. The van der Waals surface area contributed by atoms with Gasteiger partial charge in [0.25, 0.3) is 0 Å². The zero-order valence-electron chi connectivity index (χ0n) is 7.86. The first kappa shape index (κ1) is 9.45. The van der Waals surface area contributed by atoms with Crippen molar-refractivity contribution < 1.29 is 18.9 Å². The molecular weight excluding hydrogens is 264 g/mol. The Morgan fingerprint density at radius 2 is 1.93 bits per heavy atom. The Kier molecular flexibility index (Phi) is 2.31. The number of benzene rings is 1. The zero-order chi connectivity index (χ0) is 10.3. The van der Waals surface area contributed by atoms with E-state index in [2.05, 4.69) is 15.9 Å². The van der Waals surface area contributed by atoms with Crippen LogP contribution in [0.1, 0.15) is 11.9 Å². The van der Waals surface area contributed by atoms with Crippen molar-refractivity contribution in [1.82, 2.24) is 0 Å². The van der Waals surface area contributed by atoms with Crippen LogP contribution in [0.15, 0.2) is 16.6 Å². The predicted molar refractivity (Wildman–Crippen MR) is 54.9 cm³/mol. The van der Waals surface area contributed by atoms with Crippen LogP contribution in [0.3, 0.4) is 0 Å². The molecule has 0 bridgehead atoms. The molecule has 3 rings (SSSR count). The van der Waals surface area contributed by atoms with Crippen LogP contribution in [0.5, 0.6) is 11.5 Å². The van der Waals surface area contributed by atoms with Gasteiger partial charge < -0.3 is 18.9 Å². The van der Waals surface area contributed by atoms with Gasteiger partial charge in [0.15, 0.2) is 17.8 Å². The average molecular weight is 273 g/mol. The van der Waals surface area contributed by atoms with Crippen LogP contribution < -0.4 is 9.47 Å². The molecule has 2 aliphatic rings. The highest BCUT2D eigenvalue weighted by Gasteiger charge is 2.24. The second-order valence-corrected chi connectivity index (χ2v) is 4.16. The van der Waals surface area contributed by atoms with Crippen molar-refractivity contribution in [2.24, 2.45) is 0 Å². The minimum absolute atomic E-state index is 0.268. The van der Waals surface area contributed by atoms with Gasteiger partial charge in [0.05, 0.1) is 17.7 Å². The summed E-state index contributed by atoms with van der Waals surface area (Å²) < 4.78 is 22.3. The highest BCUT2D eigenvalue weighted by Crippen LogP contribution is 2.42. The summed E-state index contributed by atoms with van der Waals surface area (Å²) in [6.07, 6.45) is -0.282. The van der Waals surface area contributed by atoms with Gasteiger partial charge in [0.1, 0.15) is 0 Å². The molecule has 1 fully saturated rings. The number of ether oxygens (including phenoxy) is 4. The molecule has 4 nitrogen and oxygen atoms in total. The SMILES string of the molecule is Brc1cc(C2OCCO2)cc2c1OCO2. The molecule has 1 aromatic rings. The van der Waals surface area contributed by atoms with E-state index < -0.39 is 0 Å². The van der Waals surface area contributed by atoms with Crippen LogP contribution in [-0.4, -0.2) is 20.0 Å². The summed E-state index contributed by atoms with van der Waals surface area (Å²) in [6, 6.07) is 3.83. The molecule has 5 heteroatoms. The van der Waals surface area contributed by atoms with Crippen LogP contribution in [0.2, 0.25) is 0 Å². The minimum atomic E-state index is -0.282. The van der Waals surface area contributed by atoms with E-state index in [4.69, 9.17) is 18.9 Å². The molecule has 0 radical (unpaired) electrons. The normalized spacial score (nSPS) is 19.8. The molecule has 0 N–H and O–H groups in total. The van der Waals surface area contributed by atoms with E-state index in [1.807, 2.05) is 12.1 Å². The predicted octanol–water partition coefficient (Wildman–Crippen LogP) is 2.22. The lowest BCUT2D eigenvalue weighted by Crippen LogP contribution is -1.98. The lowest BCUT2D eigenvalue weighted by molar-refractivity contribution is -0.0442. The maximum atomic E-state index is 5.41. The molecule has 0 aliphatic carbocycles. The lowest BCUT2D eigenvalue weighted by atomic mass is 10.2. The van der Waals surface area contributed by atoms with E-state index in [0.29, 0.717) is 13.2 Å². The van der Waals surface area contributed by atoms with Crippen molar-refractivity contribution in [3.05, 3.63) is 22.2 Å². The third-order valence-electron chi connectivity index (χ3n) is 2.34. The quantitative estimate of drug-likeness (QED) is 0.786. The summed E-state index contributed by atoms with van der Waals surface area (Å²) in [6.45, 7) is 1.54. The molecule has 0 atom stereocenters. The first-order chi connectivity index (χ1) is 7.34. The van der Waals surface area contributed by atoms with Gasteiger partial charge in [0.2, 0.25) is 6.79 Å². The van der Waals surface area contributed by atoms with E-state index in [1.165, 1.54) is 0 Å². The van der Waals surface area contributed by atoms with Gasteiger partial charge in [-0.3, -0.25) is 0 Å². The Balaban J connectivity index is 1.99. The Labute approximate surface area is 95.2 Å². The van der Waals surface area contributed by atoms with Gasteiger partial charge in [-0.15, -0.1) is 0 Å². The summed E-state index contributed by atoms with van der Waals surface area (Å²) in [5.41, 5.74) is 0.948. The third-order valence-corrected chi connectivity index (χ3v) is 2.93. The number of fused-ring (bicyclic) bond motifs is 1. The van der Waals surface area contributed by atoms with E-state index in [0.717, 1.165) is 21.5 Å². The van der Waals surface area contributed by atoms with E-state index in [-0.39, 0.29) is 13.1 Å². The van der Waals surface area contributed by atoms with Gasteiger partial charge in [-0.1, -0.05) is 0 Å². The molecule has 0 aromatic heterocycles. The minimum Gasteiger partial charge on any atom is -0.454 e. The fourth-order valence-electron chi connectivity index (χ4n) is 1.67. The van der Waals surface area contributed by atoms with Crippen molar-refractivity contribution >= 4 is 15.9 Å². The van der Waals surface area contributed by atoms with Crippen LogP contribution in [0.25, 0.3) is 0 Å². The molecule has 15 heavy (non-hydrogen) atoms. The van der Waals surface area contributed by atoms with Gasteiger partial charge >= 0.3 is 0 Å². The highest BCUT2D eigenvalue weighted by molar-refractivity contribution is 9.10. The fourth-order valence-corrected chi connectivity index (χ4v) is 2.25. The maximum Gasteiger partial charge on any atom is 0.231 e. The Morgan fingerprint density at radius 1 is 1.13 bits per heavy atom. The van der Waals surface area contributed by atoms with Gasteiger partial charge in [0, 0.05) is 5.56 Å². The lowest BCUT2D eigenvalue weighted by Gasteiger charge is -2.10. The number of hydrogen-bond acceptors (Lipinski definition) is 4. The molecule has 0 saturated carbocycles. The smallest absolute Gasteiger partial charge is 0.231 e. The zero-order valence-corrected chi connectivity index (χ0v) is 9.45. The second-order valence-electron chi connectivity index (χ2n) is 3.31. The summed E-state index contributed by atoms with van der Waals surface area (Å²) >= 11 is 3.43. The highest BCUT2D eigenvalue weighted by atomic mass is 79.9. The summed E-state index contributed by atoms with van der Waals surface area (Å²) in [5.74, 6) is 1.48. The van der Waals surface area contributed by atoms with Gasteiger partial charge in [-0.25, -0.2) is 0 Å². The van der Waals surface area contributed by atoms with Crippen molar-refractivity contribution in [3.8, 4) is 11.5 Å². The first-order valence-corrected chi connectivity index (χ1v) is 5.46. The van der Waals surface area contributed by atoms with Crippen LogP contribution in [0.4, 0.5) is 0 Å². The molecule has 2 aliphatic heterocycles. The fraction of sp³-hybridized carbons (Fsp3) is 0.400. The molecule has 2 heterocycles. The summed E-state index contributed by atoms with van der Waals surface area (Å²) in [7, 11) is 0. The number of rotatable bonds is 1. The summed E-state index contributed by atoms with van der Waals surface area (Å²) in [5, 5.41) is 0. The standard InChI is InChI=1S/C10H9BrO4/c11-7-3-6(10-12-1-2-13-10)4-8-9(7)15-5-14-8/h3-4,10H,1-2,5H2. The Morgan fingerprint density at radius 3 is 2.73 bits per heavy atom. The number of hydrogen-bond donors (Lipinski definition) is 0. The molecule has 0 unspecified atom stereocenters. The monoisotopic (exact) mass is 272 g/mol. The van der Waals surface area contributed by atoms with Crippen LogP contribution in [0, 0.1) is 0 Å². The molecule has 1 aromatic carbocycles. The van der Waals surface area contributed by atoms with E-state index in [1.54, 1.807) is 0 Å². The van der Waals surface area contributed by atoms with Crippen molar-refractivity contribution in [3.63, 3.8) is 0 Å². The van der Waals surface area contributed by atoms with Crippen molar-refractivity contribution in [1.29, 1.82) is 0 Å². The maximum absolute atomic E-state index is 5.41. The van der Waals surface area contributed by atoms with Gasteiger partial charge in [-0.05, 0) is 28.1 Å². The largest absolute Gasteiger partial charge is 0.454 e. The Bertz CT molecular complexity index is 387. The van der Waals surface area contributed by atoms with Crippen molar-refractivity contribution in [2.75, 3.05) is 20.0 Å². The van der Waals surface area contributed by atoms with Crippen LogP contribution >= 0.6 is 15.9 Å². The Hall–Kier alpha value is -0.780. The third kappa shape index (κ3) is 1.60. The van der Waals surface area contributed by atoms with Crippen molar-refractivity contribution in [2.45, 2.75) is 6.29 Å². The molecule has 80 valence electrons. The molecule has 0 amide bonds. The second kappa shape index (κ2) is 3.66. The van der Waals surface area contributed by atoms with Gasteiger partial charge in [-0.2, -0.15) is 0 Å². The topological polar surface area (TPSA) is 36.9 Å². The van der Waals surface area contributed by atoms with E-state index in [9.17, 15) is 0 Å². The molecular formula is C10H9BrO4. The van der Waals surface area contributed by atoms with E-state index >= 15 is 0 Å². The van der Waals surface area contributed by atoms with Crippen LogP contribution in [-0.2, 0) is 9.47 Å². The summed E-state index contributed by atoms with van der Waals surface area (Å²) in [4.78, 5) is 0. The first-order valence-electron chi connectivity index (χ1n) is 4.67. The average Bonchev–Trinajstić information content (AvgIpc) is 2.88. The molecule has 1 saturated heterocycles.